The largest absolute Gasteiger partial charge is 0.490 e. The summed E-state index contributed by atoms with van der Waals surface area (Å²) in [4.78, 5) is 0. The number of nitrogens with two attached hydrogens (primary N) is 1. The molecule has 0 saturated carbocycles. The molecule has 0 radical (unpaired) electrons. The van der Waals surface area contributed by atoms with Gasteiger partial charge in [-0.2, -0.15) is 0 Å². The molecule has 22 heavy (non-hydrogen) atoms. The van der Waals surface area contributed by atoms with Crippen LogP contribution in [-0.4, -0.2) is 19.8 Å². The van der Waals surface area contributed by atoms with Gasteiger partial charge in [0.05, 0.1) is 11.6 Å². The molecule has 0 spiro atoms. The third-order valence-corrected chi connectivity index (χ3v) is 3.29. The first-order valence-electron chi connectivity index (χ1n) is 7.20. The van der Waals surface area contributed by atoms with E-state index in [4.69, 9.17) is 31.5 Å². The highest BCUT2D eigenvalue weighted by atomic mass is 35.5. The van der Waals surface area contributed by atoms with Crippen LogP contribution in [0.1, 0.15) is 12.5 Å². The highest BCUT2D eigenvalue weighted by molar-refractivity contribution is 6.32. The molecule has 2 aromatic carbocycles. The number of rotatable bonds is 8. The Bertz CT molecular complexity index is 604. The van der Waals surface area contributed by atoms with Crippen molar-refractivity contribution in [2.24, 2.45) is 5.73 Å². The molecule has 4 nitrogen and oxygen atoms in total. The molecular formula is C17H20ClNO3. The summed E-state index contributed by atoms with van der Waals surface area (Å²) in [6.45, 7) is 3.76. The van der Waals surface area contributed by atoms with Crippen LogP contribution in [0.15, 0.2) is 42.5 Å². The molecule has 2 aromatic rings. The Morgan fingerprint density at radius 2 is 1.64 bits per heavy atom. The van der Waals surface area contributed by atoms with Crippen molar-refractivity contribution >= 4 is 11.6 Å². The summed E-state index contributed by atoms with van der Waals surface area (Å²) in [6, 6.07) is 13.0. The lowest BCUT2D eigenvalue weighted by molar-refractivity contribution is 0.208. The molecule has 2 N–H and O–H groups in total. The smallest absolute Gasteiger partial charge is 0.161 e. The van der Waals surface area contributed by atoms with E-state index < -0.39 is 0 Å². The molecule has 0 aromatic heterocycles. The summed E-state index contributed by atoms with van der Waals surface area (Å²) in [5.41, 5.74) is 6.64. The quantitative estimate of drug-likeness (QED) is 0.754. The monoisotopic (exact) mass is 321 g/mol. The summed E-state index contributed by atoms with van der Waals surface area (Å²) < 4.78 is 16.9. The second-order valence-corrected chi connectivity index (χ2v) is 4.95. The zero-order valence-corrected chi connectivity index (χ0v) is 13.3. The van der Waals surface area contributed by atoms with E-state index in [1.807, 2.05) is 43.3 Å². The van der Waals surface area contributed by atoms with Gasteiger partial charge in [0.1, 0.15) is 19.0 Å². The third-order valence-electron chi connectivity index (χ3n) is 2.98. The maximum Gasteiger partial charge on any atom is 0.161 e. The van der Waals surface area contributed by atoms with Gasteiger partial charge in [-0.1, -0.05) is 29.8 Å². The van der Waals surface area contributed by atoms with E-state index in [-0.39, 0.29) is 0 Å². The third kappa shape index (κ3) is 4.55. The van der Waals surface area contributed by atoms with Crippen LogP contribution in [0.3, 0.4) is 0 Å². The molecule has 118 valence electrons. The molecule has 5 heteroatoms. The van der Waals surface area contributed by atoms with Gasteiger partial charge in [0.2, 0.25) is 0 Å². The van der Waals surface area contributed by atoms with Gasteiger partial charge in [0, 0.05) is 6.54 Å². The predicted octanol–water partition coefficient (Wildman–Crippen LogP) is 3.66. The molecule has 0 aliphatic rings. The Morgan fingerprint density at radius 3 is 2.32 bits per heavy atom. The van der Waals surface area contributed by atoms with Crippen LogP contribution >= 0.6 is 11.6 Å². The second-order valence-electron chi connectivity index (χ2n) is 4.55. The number of benzene rings is 2. The molecule has 0 aliphatic heterocycles. The van der Waals surface area contributed by atoms with Crippen LogP contribution in [0, 0.1) is 0 Å². The highest BCUT2D eigenvalue weighted by Gasteiger charge is 2.06. The van der Waals surface area contributed by atoms with Gasteiger partial charge in [0.25, 0.3) is 0 Å². The van der Waals surface area contributed by atoms with E-state index >= 15 is 0 Å². The zero-order chi connectivity index (χ0) is 15.8. The van der Waals surface area contributed by atoms with Gasteiger partial charge in [-0.05, 0) is 36.8 Å². The first-order valence-corrected chi connectivity index (χ1v) is 7.58. The molecule has 0 fully saturated rings. The van der Waals surface area contributed by atoms with Gasteiger partial charge in [-0.3, -0.25) is 0 Å². The SMILES string of the molecule is CCOc1cc(CN)ccc1OCCOc1ccccc1Cl. The van der Waals surface area contributed by atoms with Crippen LogP contribution in [-0.2, 0) is 6.54 Å². The average Bonchev–Trinajstić information content (AvgIpc) is 2.54. The Hall–Kier alpha value is -1.91. The van der Waals surface area contributed by atoms with E-state index in [0.717, 1.165) is 5.56 Å². The van der Waals surface area contributed by atoms with E-state index in [0.29, 0.717) is 48.6 Å². The van der Waals surface area contributed by atoms with Gasteiger partial charge in [0.15, 0.2) is 11.5 Å². The average molecular weight is 322 g/mol. The van der Waals surface area contributed by atoms with Crippen molar-refractivity contribution in [2.75, 3.05) is 19.8 Å². The molecule has 0 atom stereocenters. The second kappa shape index (κ2) is 8.51. The van der Waals surface area contributed by atoms with Crippen molar-refractivity contribution in [3.63, 3.8) is 0 Å². The molecule has 0 saturated heterocycles. The minimum atomic E-state index is 0.396. The van der Waals surface area contributed by atoms with Crippen LogP contribution in [0.5, 0.6) is 17.2 Å². The van der Waals surface area contributed by atoms with E-state index in [2.05, 4.69) is 0 Å². The summed E-state index contributed by atoms with van der Waals surface area (Å²) >= 11 is 6.02. The Morgan fingerprint density at radius 1 is 0.909 bits per heavy atom. The van der Waals surface area contributed by atoms with E-state index in [9.17, 15) is 0 Å². The maximum absolute atomic E-state index is 6.02. The molecule has 0 heterocycles. The minimum Gasteiger partial charge on any atom is -0.490 e. The first kappa shape index (κ1) is 16.5. The number of para-hydroxylation sites is 1. The van der Waals surface area contributed by atoms with E-state index in [1.165, 1.54) is 0 Å². The van der Waals surface area contributed by atoms with Crippen molar-refractivity contribution in [3.8, 4) is 17.2 Å². The van der Waals surface area contributed by atoms with Crippen LogP contribution in [0.2, 0.25) is 5.02 Å². The highest BCUT2D eigenvalue weighted by Crippen LogP contribution is 2.28. The number of hydrogen-bond acceptors (Lipinski definition) is 4. The molecule has 2 rings (SSSR count). The van der Waals surface area contributed by atoms with Crippen molar-refractivity contribution in [3.05, 3.63) is 53.1 Å². The minimum absolute atomic E-state index is 0.396. The van der Waals surface area contributed by atoms with Crippen LogP contribution in [0.25, 0.3) is 0 Å². The lowest BCUT2D eigenvalue weighted by Crippen LogP contribution is -2.10. The molecule has 0 unspecified atom stereocenters. The lowest BCUT2D eigenvalue weighted by Gasteiger charge is -2.13. The topological polar surface area (TPSA) is 53.7 Å². The summed E-state index contributed by atoms with van der Waals surface area (Å²) in [7, 11) is 0. The first-order chi connectivity index (χ1) is 10.7. The number of hydrogen-bond donors (Lipinski definition) is 1. The standard InChI is InChI=1S/C17H20ClNO3/c1-2-20-17-11-13(12-19)7-8-16(17)22-10-9-21-15-6-4-3-5-14(15)18/h3-8,11H,2,9-10,12,19H2,1H3. The Kier molecular flexibility index (Phi) is 6.37. The lowest BCUT2D eigenvalue weighted by atomic mass is 10.2. The van der Waals surface area contributed by atoms with Crippen molar-refractivity contribution < 1.29 is 14.2 Å². The Balaban J connectivity index is 1.90. The van der Waals surface area contributed by atoms with Gasteiger partial charge < -0.3 is 19.9 Å². The summed E-state index contributed by atoms with van der Waals surface area (Å²) in [5.74, 6) is 2.03. The van der Waals surface area contributed by atoms with Gasteiger partial charge in [-0.25, -0.2) is 0 Å². The van der Waals surface area contributed by atoms with Gasteiger partial charge >= 0.3 is 0 Å². The van der Waals surface area contributed by atoms with Crippen molar-refractivity contribution in [2.45, 2.75) is 13.5 Å². The molecule has 0 bridgehead atoms. The van der Waals surface area contributed by atoms with Crippen molar-refractivity contribution in [1.82, 2.24) is 0 Å². The fourth-order valence-corrected chi connectivity index (χ4v) is 2.12. The van der Waals surface area contributed by atoms with Crippen LogP contribution < -0.4 is 19.9 Å². The fourth-order valence-electron chi connectivity index (χ4n) is 1.93. The number of ether oxygens (including phenoxy) is 3. The molecule has 0 amide bonds. The van der Waals surface area contributed by atoms with E-state index in [1.54, 1.807) is 6.07 Å². The van der Waals surface area contributed by atoms with Crippen LogP contribution in [0.4, 0.5) is 0 Å². The summed E-state index contributed by atoms with van der Waals surface area (Å²) in [6.07, 6.45) is 0. The van der Waals surface area contributed by atoms with Gasteiger partial charge in [-0.15, -0.1) is 0 Å². The fraction of sp³-hybridized carbons (Fsp3) is 0.294. The maximum atomic E-state index is 6.02. The summed E-state index contributed by atoms with van der Waals surface area (Å²) in [5, 5.41) is 0.588. The molecule has 0 aliphatic carbocycles. The van der Waals surface area contributed by atoms with Crippen molar-refractivity contribution in [1.29, 1.82) is 0 Å². The zero-order valence-electron chi connectivity index (χ0n) is 12.5. The number of halogens is 1. The molecular weight excluding hydrogens is 302 g/mol. The Labute approximate surface area is 135 Å². The normalized spacial score (nSPS) is 10.3. The predicted molar refractivity (Wildman–Crippen MR) is 87.9 cm³/mol.